The van der Waals surface area contributed by atoms with Crippen molar-refractivity contribution in [3.8, 4) is 6.07 Å². The maximum Gasteiger partial charge on any atom is 0.310 e. The number of carbonyl (C=O) groups is 2. The number of aromatic nitrogens is 1. The van der Waals surface area contributed by atoms with Crippen molar-refractivity contribution >= 4 is 52.1 Å². The summed E-state index contributed by atoms with van der Waals surface area (Å²) in [7, 11) is 0. The van der Waals surface area contributed by atoms with Gasteiger partial charge in [0.25, 0.3) is 11.5 Å². The van der Waals surface area contributed by atoms with Crippen LogP contribution in [-0.4, -0.2) is 51.4 Å². The monoisotopic (exact) mass is 528 g/mol. The molecule has 0 aromatic carbocycles. The van der Waals surface area contributed by atoms with E-state index in [1.54, 1.807) is 29.4 Å². The molecule has 0 radical (unpaired) electrons. The molecule has 10 heteroatoms. The molecule has 1 aromatic rings. The molecule has 0 spiro atoms. The van der Waals surface area contributed by atoms with E-state index in [1.807, 2.05) is 11.8 Å². The van der Waals surface area contributed by atoms with Crippen molar-refractivity contribution in [2.75, 3.05) is 24.6 Å². The highest BCUT2D eigenvalue weighted by Crippen LogP contribution is 2.40. The Morgan fingerprint density at radius 1 is 1.22 bits per heavy atom. The van der Waals surface area contributed by atoms with Crippen molar-refractivity contribution < 1.29 is 14.3 Å². The first-order valence-electron chi connectivity index (χ1n) is 12.7. The van der Waals surface area contributed by atoms with Gasteiger partial charge in [-0.25, -0.2) is 0 Å². The minimum atomic E-state index is -0.360. The van der Waals surface area contributed by atoms with E-state index in [0.29, 0.717) is 52.4 Å². The van der Waals surface area contributed by atoms with Gasteiger partial charge in [0.15, 0.2) is 0 Å². The molecule has 4 rings (SSSR count). The molecule has 0 N–H and O–H groups in total. The minimum Gasteiger partial charge on any atom is -0.466 e. The molecule has 1 atom stereocenters. The second-order valence-electron chi connectivity index (χ2n) is 9.43. The second-order valence-corrected chi connectivity index (χ2v) is 11.1. The Labute approximate surface area is 221 Å². The highest BCUT2D eigenvalue weighted by molar-refractivity contribution is 8.26. The molecule has 1 amide bonds. The maximum absolute atomic E-state index is 13.4. The first-order chi connectivity index (χ1) is 17.3. The zero-order valence-corrected chi connectivity index (χ0v) is 22.7. The number of pyridine rings is 1. The number of hydrogen-bond acceptors (Lipinski definition) is 8. The highest BCUT2D eigenvalue weighted by atomic mass is 32.2. The van der Waals surface area contributed by atoms with Crippen LogP contribution < -0.4 is 10.5 Å². The Hall–Kier alpha value is -2.64. The van der Waals surface area contributed by atoms with Crippen molar-refractivity contribution in [2.24, 2.45) is 5.92 Å². The lowest BCUT2D eigenvalue weighted by molar-refractivity contribution is -0.148. The van der Waals surface area contributed by atoms with Crippen molar-refractivity contribution in [1.29, 1.82) is 5.26 Å². The van der Waals surface area contributed by atoms with Crippen molar-refractivity contribution in [3.05, 3.63) is 31.9 Å². The lowest BCUT2D eigenvalue weighted by atomic mass is 9.96. The average molecular weight is 529 g/mol. The normalized spacial score (nSPS) is 21.9. The Kier molecular flexibility index (Phi) is 8.20. The van der Waals surface area contributed by atoms with E-state index in [2.05, 4.69) is 6.07 Å². The number of nitriles is 1. The molecule has 0 bridgehead atoms. The van der Waals surface area contributed by atoms with Gasteiger partial charge >= 0.3 is 5.97 Å². The number of rotatable bonds is 6. The zero-order chi connectivity index (χ0) is 26.0. The molecule has 1 saturated carbocycles. The summed E-state index contributed by atoms with van der Waals surface area (Å²) in [6.07, 6.45) is 7.36. The van der Waals surface area contributed by atoms with Gasteiger partial charge in [-0.1, -0.05) is 36.8 Å². The van der Waals surface area contributed by atoms with Gasteiger partial charge in [-0.15, -0.1) is 0 Å². The fourth-order valence-electron chi connectivity index (χ4n) is 5.49. The number of piperidine rings is 1. The van der Waals surface area contributed by atoms with Crippen LogP contribution in [0.25, 0.3) is 6.08 Å². The van der Waals surface area contributed by atoms with E-state index in [1.165, 1.54) is 11.8 Å². The third-order valence-electron chi connectivity index (χ3n) is 7.29. The highest BCUT2D eigenvalue weighted by Gasteiger charge is 2.39. The van der Waals surface area contributed by atoms with E-state index in [0.717, 1.165) is 38.5 Å². The molecule has 3 aliphatic rings. The molecule has 3 heterocycles. The van der Waals surface area contributed by atoms with Gasteiger partial charge in [0.1, 0.15) is 21.8 Å². The Bertz CT molecular complexity index is 1210. The fourth-order valence-corrected chi connectivity index (χ4v) is 6.87. The number of amides is 1. The van der Waals surface area contributed by atoms with Crippen LogP contribution in [0.4, 0.5) is 5.82 Å². The Morgan fingerprint density at radius 3 is 2.58 bits per heavy atom. The van der Waals surface area contributed by atoms with Gasteiger partial charge in [0.05, 0.1) is 17.4 Å². The maximum atomic E-state index is 13.4. The molecule has 1 aromatic heterocycles. The molecule has 2 saturated heterocycles. The molecular formula is C26H32N4O4S2. The lowest BCUT2D eigenvalue weighted by Gasteiger charge is -2.36. The molecule has 36 heavy (non-hydrogen) atoms. The van der Waals surface area contributed by atoms with E-state index in [9.17, 15) is 19.6 Å². The summed E-state index contributed by atoms with van der Waals surface area (Å²) >= 11 is 6.86. The number of carbonyl (C=O) groups excluding carboxylic acids is 2. The predicted molar refractivity (Wildman–Crippen MR) is 145 cm³/mol. The zero-order valence-electron chi connectivity index (χ0n) is 21.0. The van der Waals surface area contributed by atoms with Gasteiger partial charge in [-0.3, -0.25) is 23.9 Å². The summed E-state index contributed by atoms with van der Waals surface area (Å²) in [5, 5.41) is 9.80. The van der Waals surface area contributed by atoms with Crippen LogP contribution >= 0.6 is 24.0 Å². The van der Waals surface area contributed by atoms with Gasteiger partial charge in [0, 0.05) is 31.2 Å². The van der Waals surface area contributed by atoms with Gasteiger partial charge < -0.3 is 9.64 Å². The van der Waals surface area contributed by atoms with Crippen molar-refractivity contribution in [3.63, 3.8) is 0 Å². The van der Waals surface area contributed by atoms with Gasteiger partial charge in [-0.05, 0) is 58.1 Å². The largest absolute Gasteiger partial charge is 0.466 e. The van der Waals surface area contributed by atoms with E-state index in [-0.39, 0.29) is 35.0 Å². The molecule has 1 aliphatic carbocycles. The van der Waals surface area contributed by atoms with Crippen LogP contribution in [-0.2, 0) is 20.9 Å². The van der Waals surface area contributed by atoms with E-state index in [4.69, 9.17) is 17.0 Å². The number of thiocarbonyl (C=S) groups is 1. The standard InChI is InChI=1S/C26H32N4O4S2/c1-4-29-22(28-12-8-9-17(15-28)25(33)34-5-2)19(16(3)20(14-27)23(29)31)13-21-24(32)30(26(35)36-21)18-10-6-7-11-18/h13,17-18H,4-12,15H2,1-3H3/b21-13-. The number of ether oxygens (including phenoxy) is 1. The molecule has 192 valence electrons. The van der Waals surface area contributed by atoms with Crippen molar-refractivity contribution in [1.82, 2.24) is 9.47 Å². The number of nitrogens with zero attached hydrogens (tertiary/aromatic N) is 4. The van der Waals surface area contributed by atoms with Crippen LogP contribution in [0, 0.1) is 24.2 Å². The van der Waals surface area contributed by atoms with Crippen molar-refractivity contribution in [2.45, 2.75) is 71.9 Å². The fraction of sp³-hybridized carbons (Fsp3) is 0.577. The summed E-state index contributed by atoms with van der Waals surface area (Å²) in [6.45, 7) is 7.14. The minimum absolute atomic E-state index is 0.0667. The number of thioether (sulfide) groups is 1. The number of anilines is 1. The number of hydrogen-bond donors (Lipinski definition) is 0. The first-order valence-corrected chi connectivity index (χ1v) is 13.9. The van der Waals surface area contributed by atoms with E-state index >= 15 is 0 Å². The van der Waals surface area contributed by atoms with Crippen LogP contribution in [0.3, 0.4) is 0 Å². The molecule has 2 aliphatic heterocycles. The second kappa shape index (κ2) is 11.2. The van der Waals surface area contributed by atoms with Crippen LogP contribution in [0.2, 0.25) is 0 Å². The average Bonchev–Trinajstić information content (AvgIpc) is 3.48. The first kappa shape index (κ1) is 26.4. The summed E-state index contributed by atoms with van der Waals surface area (Å²) in [5.74, 6) is -0.0161. The molecule has 8 nitrogen and oxygen atoms in total. The summed E-state index contributed by atoms with van der Waals surface area (Å²) in [4.78, 5) is 43.5. The third kappa shape index (κ3) is 4.83. The summed E-state index contributed by atoms with van der Waals surface area (Å²) in [6, 6.07) is 2.20. The molecule has 1 unspecified atom stereocenters. The number of esters is 1. The summed E-state index contributed by atoms with van der Waals surface area (Å²) in [5.41, 5.74) is 0.898. The molecular weight excluding hydrogens is 496 g/mol. The van der Waals surface area contributed by atoms with Gasteiger partial charge in [0.2, 0.25) is 0 Å². The quantitative estimate of drug-likeness (QED) is 0.311. The van der Waals surface area contributed by atoms with Crippen LogP contribution in [0.5, 0.6) is 0 Å². The molecule has 3 fully saturated rings. The topological polar surface area (TPSA) is 95.6 Å². The third-order valence-corrected chi connectivity index (χ3v) is 8.62. The summed E-state index contributed by atoms with van der Waals surface area (Å²) < 4.78 is 7.42. The smallest absolute Gasteiger partial charge is 0.310 e. The van der Waals surface area contributed by atoms with Gasteiger partial charge in [-0.2, -0.15) is 5.26 Å². The Balaban J connectivity index is 1.82. The van der Waals surface area contributed by atoms with E-state index < -0.39 is 0 Å². The van der Waals surface area contributed by atoms with Crippen LogP contribution in [0.1, 0.15) is 69.1 Å². The predicted octanol–water partition coefficient (Wildman–Crippen LogP) is 3.97. The lowest BCUT2D eigenvalue weighted by Crippen LogP contribution is -2.43. The Morgan fingerprint density at radius 2 is 1.94 bits per heavy atom. The SMILES string of the molecule is CCOC(=O)C1CCCN(c2c(/C=C3\SC(=S)N(C4CCCC4)C3=O)c(C)c(C#N)c(=O)n2CC)C1. The van der Waals surface area contributed by atoms with Crippen LogP contribution in [0.15, 0.2) is 9.70 Å².